The van der Waals surface area contributed by atoms with Gasteiger partial charge in [-0.05, 0) is 30.2 Å². The number of aromatic amines is 1. The zero-order valence-electron chi connectivity index (χ0n) is 20.3. The maximum Gasteiger partial charge on any atom is 0.293 e. The Morgan fingerprint density at radius 3 is 2.43 bits per heavy atom. The lowest BCUT2D eigenvalue weighted by Crippen LogP contribution is -2.51. The Balaban J connectivity index is 1.35. The van der Waals surface area contributed by atoms with Crippen LogP contribution in [0.2, 0.25) is 0 Å². The summed E-state index contributed by atoms with van der Waals surface area (Å²) in [5.74, 6) is -0.524. The molecular formula is C27H26N6O4. The van der Waals surface area contributed by atoms with Crippen LogP contribution in [0.5, 0.6) is 0 Å². The Hall–Kier alpha value is -4.57. The first-order valence-corrected chi connectivity index (χ1v) is 12.0. The van der Waals surface area contributed by atoms with Gasteiger partial charge in [-0.15, -0.1) is 0 Å². The molecule has 1 atom stereocenters. The van der Waals surface area contributed by atoms with Crippen molar-refractivity contribution in [2.24, 2.45) is 0 Å². The zero-order chi connectivity index (χ0) is 25.9. The molecule has 1 saturated heterocycles. The lowest BCUT2D eigenvalue weighted by molar-refractivity contribution is -0.384. The van der Waals surface area contributed by atoms with Crippen LogP contribution in [-0.4, -0.2) is 62.9 Å². The van der Waals surface area contributed by atoms with Crippen LogP contribution < -0.4 is 5.32 Å². The number of benzene rings is 3. The molecule has 1 aliphatic heterocycles. The van der Waals surface area contributed by atoms with Crippen LogP contribution in [0.3, 0.4) is 0 Å². The van der Waals surface area contributed by atoms with Crippen molar-refractivity contribution in [1.82, 2.24) is 20.0 Å². The average Bonchev–Trinajstić information content (AvgIpc) is 3.34. The van der Waals surface area contributed by atoms with Crippen molar-refractivity contribution >= 4 is 34.1 Å². The average molecular weight is 499 g/mol. The third-order valence-corrected chi connectivity index (χ3v) is 6.61. The van der Waals surface area contributed by atoms with E-state index >= 15 is 0 Å². The molecule has 0 bridgehead atoms. The van der Waals surface area contributed by atoms with Crippen molar-refractivity contribution < 1.29 is 14.5 Å². The number of carbonyl (C=O) groups is 2. The van der Waals surface area contributed by atoms with Crippen molar-refractivity contribution in [2.45, 2.75) is 13.0 Å². The van der Waals surface area contributed by atoms with Crippen LogP contribution in [0.1, 0.15) is 27.7 Å². The Morgan fingerprint density at radius 2 is 1.70 bits per heavy atom. The van der Waals surface area contributed by atoms with Crippen LogP contribution in [-0.2, 0) is 4.79 Å². The molecule has 5 rings (SSSR count). The van der Waals surface area contributed by atoms with Gasteiger partial charge in [0.2, 0.25) is 5.91 Å². The summed E-state index contributed by atoms with van der Waals surface area (Å²) in [6.07, 6.45) is 0. The molecule has 2 amide bonds. The second-order valence-electron chi connectivity index (χ2n) is 9.03. The van der Waals surface area contributed by atoms with Gasteiger partial charge in [-0.25, -0.2) is 0 Å². The minimum Gasteiger partial charge on any atom is -0.335 e. The number of nitro benzene ring substituents is 1. The molecule has 2 N–H and O–H groups in total. The number of H-pyrrole nitrogens is 1. The Labute approximate surface area is 213 Å². The van der Waals surface area contributed by atoms with Crippen molar-refractivity contribution in [3.05, 3.63) is 99.7 Å². The summed E-state index contributed by atoms with van der Waals surface area (Å²) in [6.45, 7) is 3.51. The molecule has 1 aromatic heterocycles. The monoisotopic (exact) mass is 498 g/mol. The Kier molecular flexibility index (Phi) is 6.65. The van der Waals surface area contributed by atoms with Crippen molar-refractivity contribution in [3.8, 4) is 0 Å². The van der Waals surface area contributed by atoms with E-state index in [2.05, 4.69) is 15.5 Å². The first-order valence-electron chi connectivity index (χ1n) is 12.0. The maximum atomic E-state index is 13.6. The summed E-state index contributed by atoms with van der Waals surface area (Å²) < 4.78 is 0. The number of carbonyl (C=O) groups excluding carboxylic acids is 2. The van der Waals surface area contributed by atoms with Gasteiger partial charge in [-0.3, -0.25) is 29.7 Å². The lowest BCUT2D eigenvalue weighted by atomic mass is 10.0. The Bertz CT molecular complexity index is 1460. The van der Waals surface area contributed by atoms with Gasteiger partial charge in [0, 0.05) is 37.6 Å². The molecule has 10 heteroatoms. The van der Waals surface area contributed by atoms with Crippen molar-refractivity contribution in [2.75, 3.05) is 31.5 Å². The molecule has 0 spiro atoms. The minimum atomic E-state index is -0.675. The SMILES string of the molecule is Cc1ccc(NC(=O)C(c2ccccc2)N2CCN(C(=O)c3n[nH]c4ccccc34)CC2)c([N+](=O)[O-])c1. The number of aryl methyl sites for hydroxylation is 1. The van der Waals surface area contributed by atoms with Gasteiger partial charge in [0.1, 0.15) is 11.7 Å². The fourth-order valence-corrected chi connectivity index (χ4v) is 4.72. The summed E-state index contributed by atoms with van der Waals surface area (Å²) in [5.41, 5.74) is 2.69. The van der Waals surface area contributed by atoms with Gasteiger partial charge in [0.25, 0.3) is 11.6 Å². The maximum absolute atomic E-state index is 13.6. The van der Waals surface area contributed by atoms with Crippen LogP contribution in [0.25, 0.3) is 10.9 Å². The number of anilines is 1. The summed E-state index contributed by atoms with van der Waals surface area (Å²) in [5, 5.41) is 22.3. The van der Waals surface area contributed by atoms with Gasteiger partial charge >= 0.3 is 0 Å². The molecular weight excluding hydrogens is 472 g/mol. The van der Waals surface area contributed by atoms with Crippen LogP contribution in [0.4, 0.5) is 11.4 Å². The van der Waals surface area contributed by atoms with E-state index < -0.39 is 11.0 Å². The number of amides is 2. The lowest BCUT2D eigenvalue weighted by Gasteiger charge is -2.38. The topological polar surface area (TPSA) is 124 Å². The van der Waals surface area contributed by atoms with Gasteiger partial charge in [-0.2, -0.15) is 5.10 Å². The summed E-state index contributed by atoms with van der Waals surface area (Å²) in [7, 11) is 0. The van der Waals surface area contributed by atoms with Gasteiger partial charge in [-0.1, -0.05) is 54.6 Å². The number of nitro groups is 1. The third kappa shape index (κ3) is 4.91. The normalized spacial score (nSPS) is 14.9. The first-order chi connectivity index (χ1) is 17.9. The molecule has 37 heavy (non-hydrogen) atoms. The molecule has 0 aliphatic carbocycles. The molecule has 3 aromatic carbocycles. The number of fused-ring (bicyclic) bond motifs is 1. The molecule has 1 unspecified atom stereocenters. The standard InChI is InChI=1S/C27H26N6O4/c1-18-11-12-22(23(17-18)33(36)37)28-26(34)25(19-7-3-2-4-8-19)31-13-15-32(16-14-31)27(35)24-20-9-5-6-10-21(20)29-30-24/h2-12,17,25H,13-16H2,1H3,(H,28,34)(H,29,30). The number of hydrogen-bond donors (Lipinski definition) is 2. The molecule has 0 saturated carbocycles. The number of aromatic nitrogens is 2. The summed E-state index contributed by atoms with van der Waals surface area (Å²) in [4.78, 5) is 41.6. The summed E-state index contributed by atoms with van der Waals surface area (Å²) >= 11 is 0. The quantitative estimate of drug-likeness (QED) is 0.307. The number of rotatable bonds is 6. The number of hydrogen-bond acceptors (Lipinski definition) is 6. The van der Waals surface area contributed by atoms with E-state index in [1.807, 2.05) is 59.5 Å². The van der Waals surface area contributed by atoms with Crippen molar-refractivity contribution in [3.63, 3.8) is 0 Å². The molecule has 0 radical (unpaired) electrons. The van der Waals surface area contributed by atoms with Gasteiger partial charge in [0.05, 0.1) is 10.4 Å². The molecule has 4 aromatic rings. The fourth-order valence-electron chi connectivity index (χ4n) is 4.72. The van der Waals surface area contributed by atoms with E-state index in [-0.39, 0.29) is 23.2 Å². The van der Waals surface area contributed by atoms with E-state index in [0.29, 0.717) is 31.9 Å². The molecule has 10 nitrogen and oxygen atoms in total. The van der Waals surface area contributed by atoms with E-state index in [1.165, 1.54) is 6.07 Å². The minimum absolute atomic E-state index is 0.151. The van der Waals surface area contributed by atoms with E-state index in [1.54, 1.807) is 24.0 Å². The van der Waals surface area contributed by atoms with Crippen LogP contribution in [0.15, 0.2) is 72.8 Å². The number of para-hydroxylation sites is 1. The highest BCUT2D eigenvalue weighted by Gasteiger charge is 2.33. The predicted molar refractivity (Wildman–Crippen MR) is 139 cm³/mol. The fraction of sp³-hybridized carbons (Fsp3) is 0.222. The van der Waals surface area contributed by atoms with Gasteiger partial charge < -0.3 is 10.2 Å². The van der Waals surface area contributed by atoms with E-state index in [4.69, 9.17) is 0 Å². The van der Waals surface area contributed by atoms with E-state index in [0.717, 1.165) is 22.0 Å². The van der Waals surface area contributed by atoms with E-state index in [9.17, 15) is 19.7 Å². The smallest absolute Gasteiger partial charge is 0.293 e. The Morgan fingerprint density at radius 1 is 1.00 bits per heavy atom. The molecule has 188 valence electrons. The molecule has 1 aliphatic rings. The number of piperazine rings is 1. The highest BCUT2D eigenvalue weighted by Crippen LogP contribution is 2.29. The van der Waals surface area contributed by atoms with Crippen molar-refractivity contribution in [1.29, 1.82) is 0 Å². The number of nitrogens with zero attached hydrogens (tertiary/aromatic N) is 4. The predicted octanol–water partition coefficient (Wildman–Crippen LogP) is 3.92. The zero-order valence-corrected chi connectivity index (χ0v) is 20.3. The van der Waals surface area contributed by atoms with Crippen LogP contribution in [0, 0.1) is 17.0 Å². The molecule has 1 fully saturated rings. The second kappa shape index (κ2) is 10.2. The third-order valence-electron chi connectivity index (χ3n) is 6.61. The van der Waals surface area contributed by atoms with Gasteiger partial charge in [0.15, 0.2) is 5.69 Å². The first kappa shape index (κ1) is 24.1. The van der Waals surface area contributed by atoms with Crippen LogP contribution >= 0.6 is 0 Å². The second-order valence-corrected chi connectivity index (χ2v) is 9.03. The number of nitrogens with one attached hydrogen (secondary N) is 2. The summed E-state index contributed by atoms with van der Waals surface area (Å²) in [6, 6.07) is 20.8. The highest BCUT2D eigenvalue weighted by molar-refractivity contribution is 6.04. The largest absolute Gasteiger partial charge is 0.335 e. The molecule has 2 heterocycles. The highest BCUT2D eigenvalue weighted by atomic mass is 16.6.